The molecule has 0 aliphatic heterocycles. The van der Waals surface area contributed by atoms with Crippen LogP contribution in [-0.2, 0) is 0 Å². The second kappa shape index (κ2) is 9.30. The van der Waals surface area contributed by atoms with Gasteiger partial charge in [-0.05, 0) is 61.0 Å². The van der Waals surface area contributed by atoms with Crippen LogP contribution in [0.2, 0.25) is 0 Å². The Hall–Kier alpha value is -4.20. The van der Waals surface area contributed by atoms with E-state index in [0.717, 1.165) is 5.56 Å². The topological polar surface area (TPSA) is 76.5 Å². The van der Waals surface area contributed by atoms with Gasteiger partial charge in [-0.15, -0.1) is 0 Å². The van der Waals surface area contributed by atoms with Crippen molar-refractivity contribution >= 4 is 22.5 Å². The maximum Gasteiger partial charge on any atom is 0.387 e. The summed E-state index contributed by atoms with van der Waals surface area (Å²) < 4.78 is 28.9. The molecule has 0 spiro atoms. The Morgan fingerprint density at radius 1 is 1.03 bits per heavy atom. The maximum absolute atomic E-state index is 13.0. The zero-order chi connectivity index (χ0) is 22.5. The molecule has 4 aromatic rings. The number of fused-ring (bicyclic) bond motifs is 1. The largest absolute Gasteiger partial charge is 0.435 e. The van der Waals surface area contributed by atoms with E-state index in [1.807, 2.05) is 36.4 Å². The van der Waals surface area contributed by atoms with Crippen LogP contribution in [0.15, 0.2) is 84.2 Å². The summed E-state index contributed by atoms with van der Waals surface area (Å²) in [5, 5.41) is 4.87. The number of benzene rings is 2. The molecule has 2 aromatic carbocycles. The third-order valence-corrected chi connectivity index (χ3v) is 4.76. The number of pyridine rings is 2. The second-order valence-electron chi connectivity index (χ2n) is 6.85. The molecule has 2 aromatic heterocycles. The predicted octanol–water partition coefficient (Wildman–Crippen LogP) is 5.05. The van der Waals surface area contributed by atoms with Gasteiger partial charge in [0, 0.05) is 23.3 Å². The van der Waals surface area contributed by atoms with Gasteiger partial charge < -0.3 is 4.74 Å². The van der Waals surface area contributed by atoms with Crippen LogP contribution in [0.5, 0.6) is 5.75 Å². The zero-order valence-corrected chi connectivity index (χ0v) is 17.0. The Bertz CT molecular complexity index is 1280. The van der Waals surface area contributed by atoms with Crippen LogP contribution in [0, 0.1) is 0 Å². The number of nitrogens with one attached hydrogen (secondary N) is 1. The highest BCUT2D eigenvalue weighted by atomic mass is 19.3. The van der Waals surface area contributed by atoms with Crippen LogP contribution in [-0.4, -0.2) is 28.2 Å². The maximum atomic E-state index is 13.0. The minimum Gasteiger partial charge on any atom is -0.435 e. The van der Waals surface area contributed by atoms with E-state index in [-0.39, 0.29) is 5.75 Å². The molecule has 8 heteroatoms. The van der Waals surface area contributed by atoms with Crippen molar-refractivity contribution in [1.82, 2.24) is 15.4 Å². The molecule has 1 N–H and O–H groups in total. The Morgan fingerprint density at radius 2 is 1.75 bits per heavy atom. The van der Waals surface area contributed by atoms with Gasteiger partial charge in [0.15, 0.2) is 0 Å². The summed E-state index contributed by atoms with van der Waals surface area (Å²) in [5.74, 6) is -0.344. The molecular weight excluding hydrogens is 414 g/mol. The standard InChI is InChI=1S/C24H18F2N4O2/c1-15(16-6-8-18(9-7-16)32-24(25)26)29-30-23(31)20-14-22(17-10-12-27-13-11-17)28-21-5-3-2-4-19(20)21/h2-14,24H,1H3,(H,30,31). The lowest BCUT2D eigenvalue weighted by atomic mass is 10.0. The molecule has 0 aliphatic carbocycles. The van der Waals surface area contributed by atoms with Crippen LogP contribution in [0.3, 0.4) is 0 Å². The van der Waals surface area contributed by atoms with Gasteiger partial charge in [0.2, 0.25) is 0 Å². The highest BCUT2D eigenvalue weighted by Gasteiger charge is 2.14. The molecule has 0 aliphatic rings. The molecule has 2 heterocycles. The van der Waals surface area contributed by atoms with Gasteiger partial charge >= 0.3 is 6.61 Å². The molecule has 0 saturated carbocycles. The number of nitrogens with zero attached hydrogens (tertiary/aromatic N) is 3. The number of para-hydroxylation sites is 1. The highest BCUT2D eigenvalue weighted by molar-refractivity contribution is 6.08. The summed E-state index contributed by atoms with van der Waals surface area (Å²) in [7, 11) is 0. The van der Waals surface area contributed by atoms with Crippen molar-refractivity contribution in [2.45, 2.75) is 13.5 Å². The lowest BCUT2D eigenvalue weighted by Crippen LogP contribution is -2.20. The molecule has 0 atom stereocenters. The first kappa shape index (κ1) is 21.0. The van der Waals surface area contributed by atoms with Crippen LogP contribution >= 0.6 is 0 Å². The second-order valence-corrected chi connectivity index (χ2v) is 6.85. The van der Waals surface area contributed by atoms with Crippen LogP contribution < -0.4 is 10.2 Å². The number of amides is 1. The highest BCUT2D eigenvalue weighted by Crippen LogP contribution is 2.24. The first-order chi connectivity index (χ1) is 15.5. The number of alkyl halides is 2. The summed E-state index contributed by atoms with van der Waals surface area (Å²) in [6.07, 6.45) is 3.33. The van der Waals surface area contributed by atoms with E-state index < -0.39 is 12.5 Å². The summed E-state index contributed by atoms with van der Waals surface area (Å²) >= 11 is 0. The van der Waals surface area contributed by atoms with Crippen molar-refractivity contribution < 1.29 is 18.3 Å². The van der Waals surface area contributed by atoms with Gasteiger partial charge in [-0.3, -0.25) is 9.78 Å². The van der Waals surface area contributed by atoms with Gasteiger partial charge in [-0.2, -0.15) is 13.9 Å². The molecule has 0 fully saturated rings. The van der Waals surface area contributed by atoms with Crippen LogP contribution in [0.25, 0.3) is 22.2 Å². The monoisotopic (exact) mass is 432 g/mol. The van der Waals surface area contributed by atoms with Crippen molar-refractivity contribution in [3.8, 4) is 17.0 Å². The third-order valence-electron chi connectivity index (χ3n) is 4.76. The molecule has 4 rings (SSSR count). The van der Waals surface area contributed by atoms with Crippen molar-refractivity contribution in [1.29, 1.82) is 0 Å². The molecule has 160 valence electrons. The summed E-state index contributed by atoms with van der Waals surface area (Å²) in [6, 6.07) is 18.7. The van der Waals surface area contributed by atoms with E-state index in [4.69, 9.17) is 0 Å². The number of rotatable bonds is 6. The van der Waals surface area contributed by atoms with E-state index in [9.17, 15) is 13.6 Å². The van der Waals surface area contributed by atoms with Crippen molar-refractivity contribution in [2.24, 2.45) is 5.10 Å². The van der Waals surface area contributed by atoms with Gasteiger partial charge in [0.05, 0.1) is 22.5 Å². The first-order valence-electron chi connectivity index (χ1n) is 9.71. The Labute approximate surface area is 182 Å². The van der Waals surface area contributed by atoms with Gasteiger partial charge in [0.25, 0.3) is 5.91 Å². The number of hydrazone groups is 1. The summed E-state index contributed by atoms with van der Waals surface area (Å²) in [6.45, 7) is -1.18. The fraction of sp³-hybridized carbons (Fsp3) is 0.0833. The SMILES string of the molecule is CC(=NNC(=O)c1cc(-c2ccncc2)nc2ccccc12)c1ccc(OC(F)F)cc1. The fourth-order valence-electron chi connectivity index (χ4n) is 3.17. The average molecular weight is 432 g/mol. The molecule has 0 bridgehead atoms. The third kappa shape index (κ3) is 4.75. The molecule has 0 saturated heterocycles. The number of hydrogen-bond acceptors (Lipinski definition) is 5. The number of carbonyl (C=O) groups is 1. The van der Waals surface area contributed by atoms with Crippen LogP contribution in [0.1, 0.15) is 22.8 Å². The Balaban J connectivity index is 1.61. The van der Waals surface area contributed by atoms with Gasteiger partial charge in [-0.1, -0.05) is 18.2 Å². The number of hydrogen-bond donors (Lipinski definition) is 1. The molecular formula is C24H18F2N4O2. The quantitative estimate of drug-likeness (QED) is 0.342. The van der Waals surface area contributed by atoms with E-state index in [0.29, 0.717) is 33.4 Å². The molecule has 32 heavy (non-hydrogen) atoms. The van der Waals surface area contributed by atoms with Gasteiger partial charge in [0.1, 0.15) is 5.75 Å². The predicted molar refractivity (Wildman–Crippen MR) is 118 cm³/mol. The minimum atomic E-state index is -2.89. The van der Waals surface area contributed by atoms with Crippen molar-refractivity contribution in [3.63, 3.8) is 0 Å². The van der Waals surface area contributed by atoms with E-state index in [2.05, 4.69) is 25.2 Å². The van der Waals surface area contributed by atoms with Crippen LogP contribution in [0.4, 0.5) is 8.78 Å². The lowest BCUT2D eigenvalue weighted by Gasteiger charge is -2.09. The Kier molecular flexibility index (Phi) is 6.12. The lowest BCUT2D eigenvalue weighted by molar-refractivity contribution is -0.0498. The van der Waals surface area contributed by atoms with E-state index in [1.165, 1.54) is 12.1 Å². The average Bonchev–Trinajstić information content (AvgIpc) is 2.82. The Morgan fingerprint density at radius 3 is 2.47 bits per heavy atom. The molecule has 0 radical (unpaired) electrons. The molecule has 6 nitrogen and oxygen atoms in total. The van der Waals surface area contributed by atoms with Gasteiger partial charge in [-0.25, -0.2) is 10.4 Å². The zero-order valence-electron chi connectivity index (χ0n) is 17.0. The van der Waals surface area contributed by atoms with E-state index >= 15 is 0 Å². The summed E-state index contributed by atoms with van der Waals surface area (Å²) in [5.41, 5.74) is 6.33. The fourth-order valence-corrected chi connectivity index (χ4v) is 3.17. The molecule has 1 amide bonds. The number of aromatic nitrogens is 2. The molecule has 0 unspecified atom stereocenters. The summed E-state index contributed by atoms with van der Waals surface area (Å²) in [4.78, 5) is 21.7. The number of carbonyl (C=O) groups excluding carboxylic acids is 1. The van der Waals surface area contributed by atoms with Crippen molar-refractivity contribution in [2.75, 3.05) is 0 Å². The number of halogens is 2. The smallest absolute Gasteiger partial charge is 0.387 e. The number of ether oxygens (including phenoxy) is 1. The minimum absolute atomic E-state index is 0.0486. The van der Waals surface area contributed by atoms with Crippen molar-refractivity contribution in [3.05, 3.63) is 90.3 Å². The normalized spacial score (nSPS) is 11.6. The first-order valence-corrected chi connectivity index (χ1v) is 9.71. The van der Waals surface area contributed by atoms with E-state index in [1.54, 1.807) is 37.5 Å².